The summed E-state index contributed by atoms with van der Waals surface area (Å²) in [5, 5.41) is 11.2. The molecule has 0 amide bonds. The van der Waals surface area contributed by atoms with Crippen LogP contribution in [0.25, 0.3) is 11.0 Å². The molecule has 0 saturated heterocycles. The molecule has 0 bridgehead atoms. The number of hydrogen-bond acceptors (Lipinski definition) is 4. The van der Waals surface area contributed by atoms with Crippen LogP contribution in [0, 0.1) is 0 Å². The van der Waals surface area contributed by atoms with Crippen molar-refractivity contribution in [2.75, 3.05) is 13.1 Å². The minimum atomic E-state index is -0.228. The van der Waals surface area contributed by atoms with Crippen molar-refractivity contribution in [3.05, 3.63) is 39.2 Å². The number of fused-ring (bicyclic) bond motifs is 3. The van der Waals surface area contributed by atoms with Crippen molar-refractivity contribution in [2.24, 2.45) is 0 Å². The Morgan fingerprint density at radius 2 is 1.78 bits per heavy atom. The van der Waals surface area contributed by atoms with Crippen LogP contribution in [0.5, 0.6) is 5.75 Å². The molecule has 0 spiro atoms. The van der Waals surface area contributed by atoms with Gasteiger partial charge in [0.25, 0.3) is 0 Å². The average Bonchev–Trinajstić information content (AvgIpc) is 2.54. The zero-order valence-electron chi connectivity index (χ0n) is 13.7. The van der Waals surface area contributed by atoms with Gasteiger partial charge in [0.2, 0.25) is 0 Å². The molecule has 1 aromatic heterocycles. The van der Waals surface area contributed by atoms with Gasteiger partial charge in [0.05, 0.1) is 5.56 Å². The molecule has 0 saturated carbocycles. The molecule has 1 aliphatic rings. The number of aryl methyl sites for hydroxylation is 1. The van der Waals surface area contributed by atoms with Crippen molar-refractivity contribution in [1.29, 1.82) is 0 Å². The first-order chi connectivity index (χ1) is 10.7. The van der Waals surface area contributed by atoms with E-state index in [0.29, 0.717) is 12.1 Å². The minimum absolute atomic E-state index is 0. The Bertz CT molecular complexity index is 750. The van der Waals surface area contributed by atoms with Gasteiger partial charge in [0.1, 0.15) is 11.3 Å². The molecule has 0 atom stereocenters. The van der Waals surface area contributed by atoms with E-state index >= 15 is 0 Å². The Hall–Kier alpha value is -1.52. The molecule has 1 heterocycles. The highest BCUT2D eigenvalue weighted by Gasteiger charge is 2.21. The maximum atomic E-state index is 12.3. The van der Waals surface area contributed by atoms with E-state index in [2.05, 4.69) is 18.7 Å². The lowest BCUT2D eigenvalue weighted by molar-refractivity contribution is 0.290. The minimum Gasteiger partial charge on any atom is -0.507 e. The van der Waals surface area contributed by atoms with Crippen LogP contribution in [0.15, 0.2) is 21.3 Å². The Kier molecular flexibility index (Phi) is 5.71. The molecule has 0 radical (unpaired) electrons. The number of rotatable bonds is 4. The molecular weight excluding hydrogens is 314 g/mol. The number of benzene rings is 1. The Labute approximate surface area is 142 Å². The van der Waals surface area contributed by atoms with Crippen LogP contribution in [-0.4, -0.2) is 23.1 Å². The third kappa shape index (κ3) is 3.24. The third-order valence-electron chi connectivity index (χ3n) is 4.75. The summed E-state index contributed by atoms with van der Waals surface area (Å²) in [7, 11) is 0. The number of halogens is 1. The largest absolute Gasteiger partial charge is 0.507 e. The van der Waals surface area contributed by atoms with E-state index in [1.54, 1.807) is 6.07 Å². The zero-order valence-corrected chi connectivity index (χ0v) is 14.5. The van der Waals surface area contributed by atoms with Crippen molar-refractivity contribution in [3.63, 3.8) is 0 Å². The van der Waals surface area contributed by atoms with Crippen LogP contribution >= 0.6 is 12.4 Å². The molecule has 126 valence electrons. The third-order valence-corrected chi connectivity index (χ3v) is 4.75. The topological polar surface area (TPSA) is 53.7 Å². The maximum Gasteiger partial charge on any atom is 0.339 e. The van der Waals surface area contributed by atoms with E-state index < -0.39 is 0 Å². The van der Waals surface area contributed by atoms with Crippen molar-refractivity contribution in [2.45, 2.75) is 46.1 Å². The van der Waals surface area contributed by atoms with Crippen LogP contribution < -0.4 is 5.63 Å². The number of aromatic hydroxyl groups is 1. The fourth-order valence-electron chi connectivity index (χ4n) is 3.38. The van der Waals surface area contributed by atoms with E-state index in [0.717, 1.165) is 60.8 Å². The number of phenols is 1. The lowest BCUT2D eigenvalue weighted by Crippen LogP contribution is -2.23. The molecule has 1 N–H and O–H groups in total. The van der Waals surface area contributed by atoms with Crippen molar-refractivity contribution in [3.8, 4) is 5.75 Å². The second-order valence-electron chi connectivity index (χ2n) is 5.96. The molecule has 0 aliphatic heterocycles. The van der Waals surface area contributed by atoms with Crippen LogP contribution in [0.3, 0.4) is 0 Å². The van der Waals surface area contributed by atoms with E-state index in [4.69, 9.17) is 4.42 Å². The van der Waals surface area contributed by atoms with Gasteiger partial charge in [-0.15, -0.1) is 12.4 Å². The predicted molar refractivity (Wildman–Crippen MR) is 94.7 cm³/mol. The molecular formula is C18H24ClNO3. The van der Waals surface area contributed by atoms with Gasteiger partial charge in [0.15, 0.2) is 0 Å². The summed E-state index contributed by atoms with van der Waals surface area (Å²) < 4.78 is 5.62. The maximum absolute atomic E-state index is 12.3. The van der Waals surface area contributed by atoms with Gasteiger partial charge in [-0.3, -0.25) is 4.90 Å². The number of nitrogens with zero attached hydrogens (tertiary/aromatic N) is 1. The lowest BCUT2D eigenvalue weighted by Gasteiger charge is -2.21. The van der Waals surface area contributed by atoms with Crippen LogP contribution in [-0.2, 0) is 19.4 Å². The molecule has 2 aromatic rings. The van der Waals surface area contributed by atoms with Crippen LogP contribution in [0.4, 0.5) is 0 Å². The number of phenolic OH excluding ortho intramolecular Hbond substituents is 1. The molecule has 4 nitrogen and oxygen atoms in total. The van der Waals surface area contributed by atoms with Crippen molar-refractivity contribution in [1.82, 2.24) is 4.90 Å². The van der Waals surface area contributed by atoms with E-state index in [1.807, 2.05) is 6.07 Å². The van der Waals surface area contributed by atoms with Gasteiger partial charge in [-0.2, -0.15) is 0 Å². The zero-order chi connectivity index (χ0) is 15.7. The SMILES string of the molecule is CCN(CC)Cc1c(O)ccc2c3c(c(=O)oc12)CCCC3.Cl. The summed E-state index contributed by atoms with van der Waals surface area (Å²) in [6, 6.07) is 3.62. The first-order valence-corrected chi connectivity index (χ1v) is 8.17. The summed E-state index contributed by atoms with van der Waals surface area (Å²) in [6.07, 6.45) is 3.89. The highest BCUT2D eigenvalue weighted by molar-refractivity contribution is 5.86. The molecule has 0 fully saturated rings. The quantitative estimate of drug-likeness (QED) is 0.865. The highest BCUT2D eigenvalue weighted by Crippen LogP contribution is 2.33. The van der Waals surface area contributed by atoms with Gasteiger partial charge in [0, 0.05) is 17.5 Å². The summed E-state index contributed by atoms with van der Waals surface area (Å²) in [6.45, 7) is 6.55. The molecule has 1 aromatic carbocycles. The van der Waals surface area contributed by atoms with Gasteiger partial charge < -0.3 is 9.52 Å². The first-order valence-electron chi connectivity index (χ1n) is 8.17. The Morgan fingerprint density at radius 3 is 2.43 bits per heavy atom. The second-order valence-corrected chi connectivity index (χ2v) is 5.96. The van der Waals surface area contributed by atoms with E-state index in [-0.39, 0.29) is 23.8 Å². The Morgan fingerprint density at radius 1 is 1.13 bits per heavy atom. The highest BCUT2D eigenvalue weighted by atomic mass is 35.5. The lowest BCUT2D eigenvalue weighted by atomic mass is 9.90. The molecule has 3 rings (SSSR count). The molecule has 0 unspecified atom stereocenters. The molecule has 23 heavy (non-hydrogen) atoms. The van der Waals surface area contributed by atoms with Crippen LogP contribution in [0.2, 0.25) is 0 Å². The predicted octanol–water partition coefficient (Wildman–Crippen LogP) is 3.64. The summed E-state index contributed by atoms with van der Waals surface area (Å²) >= 11 is 0. The van der Waals surface area contributed by atoms with Gasteiger partial charge >= 0.3 is 5.63 Å². The molecule has 1 aliphatic carbocycles. The summed E-state index contributed by atoms with van der Waals surface area (Å²) in [5.41, 5.74) is 3.02. The monoisotopic (exact) mass is 337 g/mol. The van der Waals surface area contributed by atoms with E-state index in [9.17, 15) is 9.90 Å². The summed E-state index contributed by atoms with van der Waals surface area (Å²) in [4.78, 5) is 14.5. The Balaban J connectivity index is 0.00000192. The van der Waals surface area contributed by atoms with Gasteiger partial charge in [-0.05, 0) is 56.5 Å². The first kappa shape index (κ1) is 17.8. The smallest absolute Gasteiger partial charge is 0.339 e. The fourth-order valence-corrected chi connectivity index (χ4v) is 3.38. The summed E-state index contributed by atoms with van der Waals surface area (Å²) in [5.74, 6) is 0.207. The van der Waals surface area contributed by atoms with Gasteiger partial charge in [-0.1, -0.05) is 13.8 Å². The molecule has 5 heteroatoms. The van der Waals surface area contributed by atoms with Crippen molar-refractivity contribution < 1.29 is 9.52 Å². The number of hydrogen-bond donors (Lipinski definition) is 1. The van der Waals surface area contributed by atoms with Crippen LogP contribution in [0.1, 0.15) is 43.4 Å². The van der Waals surface area contributed by atoms with Gasteiger partial charge in [-0.25, -0.2) is 4.79 Å². The standard InChI is InChI=1S/C18H23NO3.ClH/c1-3-19(4-2)11-15-16(20)10-9-13-12-7-5-6-8-14(12)18(21)22-17(13)15;/h9-10,20H,3-8,11H2,1-2H3;1H. The second kappa shape index (κ2) is 7.37. The average molecular weight is 338 g/mol. The van der Waals surface area contributed by atoms with Crippen molar-refractivity contribution >= 4 is 23.4 Å². The fraction of sp³-hybridized carbons (Fsp3) is 0.500. The normalized spacial score (nSPS) is 13.9. The van der Waals surface area contributed by atoms with E-state index in [1.165, 1.54) is 0 Å².